The average Bonchev–Trinajstić information content (AvgIpc) is 2.75. The molecule has 29 heavy (non-hydrogen) atoms. The second-order valence-corrected chi connectivity index (χ2v) is 6.80. The van der Waals surface area contributed by atoms with Crippen LogP contribution in [0.5, 0.6) is 11.5 Å². The number of rotatable bonds is 8. The van der Waals surface area contributed by atoms with Gasteiger partial charge in [-0.3, -0.25) is 4.79 Å². The molecular formula is C26H26O3. The lowest BCUT2D eigenvalue weighted by Crippen LogP contribution is -2.12. The highest BCUT2D eigenvalue weighted by atomic mass is 16.5. The molecule has 3 heteroatoms. The van der Waals surface area contributed by atoms with Gasteiger partial charge in [-0.15, -0.1) is 0 Å². The van der Waals surface area contributed by atoms with Crippen LogP contribution in [0.15, 0.2) is 85.0 Å². The third-order valence-electron chi connectivity index (χ3n) is 4.69. The Morgan fingerprint density at radius 3 is 1.66 bits per heavy atom. The Kier molecular flexibility index (Phi) is 7.23. The van der Waals surface area contributed by atoms with Gasteiger partial charge in [0.15, 0.2) is 5.78 Å². The van der Waals surface area contributed by atoms with E-state index in [1.54, 1.807) is 12.2 Å². The fourth-order valence-electron chi connectivity index (χ4n) is 3.31. The van der Waals surface area contributed by atoms with Crippen LogP contribution >= 0.6 is 0 Å². The highest BCUT2D eigenvalue weighted by molar-refractivity contribution is 6.14. The van der Waals surface area contributed by atoms with Gasteiger partial charge in [0.1, 0.15) is 24.7 Å². The molecule has 0 atom stereocenters. The van der Waals surface area contributed by atoms with Crippen LogP contribution in [0.1, 0.15) is 30.4 Å². The zero-order valence-electron chi connectivity index (χ0n) is 16.6. The van der Waals surface area contributed by atoms with E-state index in [1.807, 2.05) is 60.7 Å². The van der Waals surface area contributed by atoms with E-state index in [0.29, 0.717) is 13.2 Å². The topological polar surface area (TPSA) is 35.5 Å². The largest absolute Gasteiger partial charge is 0.489 e. The Morgan fingerprint density at radius 2 is 1.21 bits per heavy atom. The second-order valence-electron chi connectivity index (χ2n) is 6.80. The van der Waals surface area contributed by atoms with E-state index in [9.17, 15) is 4.79 Å². The van der Waals surface area contributed by atoms with Gasteiger partial charge in [0.2, 0.25) is 0 Å². The Bertz CT molecular complexity index is 874. The van der Waals surface area contributed by atoms with Gasteiger partial charge in [0, 0.05) is 22.3 Å². The summed E-state index contributed by atoms with van der Waals surface area (Å²) < 4.78 is 11.5. The van der Waals surface area contributed by atoms with E-state index in [1.165, 1.54) is 0 Å². The smallest absolute Gasteiger partial charge is 0.185 e. The summed E-state index contributed by atoms with van der Waals surface area (Å²) >= 11 is 0. The van der Waals surface area contributed by atoms with E-state index in [0.717, 1.165) is 53.0 Å². The minimum atomic E-state index is 0.0910. The van der Waals surface area contributed by atoms with Crippen molar-refractivity contribution in [1.29, 1.82) is 0 Å². The van der Waals surface area contributed by atoms with Crippen molar-refractivity contribution in [3.63, 3.8) is 0 Å². The standard InChI is InChI=1S/C26H26O3/c1-3-16-28-24-14-7-5-10-20(24)18-22-12-9-13-23(26(22)27)19-21-11-6-8-15-25(21)29-17-4-2/h3-8,10-11,14-15,18-19H,1-2,9,12-13,16-17H2/b22-18+,23-19+. The molecule has 0 spiro atoms. The maximum atomic E-state index is 13.1. The fourth-order valence-corrected chi connectivity index (χ4v) is 3.31. The number of para-hydroxylation sites is 2. The number of benzene rings is 2. The molecule has 1 saturated carbocycles. The predicted octanol–water partition coefficient (Wildman–Crippen LogP) is 6.04. The normalized spacial score (nSPS) is 16.6. The van der Waals surface area contributed by atoms with E-state index >= 15 is 0 Å². The Balaban J connectivity index is 1.88. The van der Waals surface area contributed by atoms with Gasteiger partial charge in [-0.2, -0.15) is 0 Å². The van der Waals surface area contributed by atoms with Crippen molar-refractivity contribution in [2.75, 3.05) is 13.2 Å². The molecule has 0 bridgehead atoms. The number of ether oxygens (including phenoxy) is 2. The van der Waals surface area contributed by atoms with Crippen LogP contribution in [0.3, 0.4) is 0 Å². The first-order chi connectivity index (χ1) is 14.2. The van der Waals surface area contributed by atoms with Crippen LogP contribution < -0.4 is 9.47 Å². The molecule has 0 radical (unpaired) electrons. The zero-order valence-corrected chi connectivity index (χ0v) is 16.6. The molecule has 1 aliphatic rings. The van der Waals surface area contributed by atoms with Gasteiger partial charge in [0.25, 0.3) is 0 Å². The van der Waals surface area contributed by atoms with Crippen molar-refractivity contribution in [1.82, 2.24) is 0 Å². The first kappa shape index (κ1) is 20.4. The van der Waals surface area contributed by atoms with Gasteiger partial charge < -0.3 is 9.47 Å². The Labute approximate surface area is 172 Å². The Hall–Kier alpha value is -3.33. The molecular weight excluding hydrogens is 360 g/mol. The number of allylic oxidation sites excluding steroid dienone is 2. The van der Waals surface area contributed by atoms with E-state index < -0.39 is 0 Å². The molecule has 0 amide bonds. The van der Waals surface area contributed by atoms with Crippen LogP contribution in [-0.4, -0.2) is 19.0 Å². The summed E-state index contributed by atoms with van der Waals surface area (Å²) in [6, 6.07) is 15.5. The molecule has 3 nitrogen and oxygen atoms in total. The minimum Gasteiger partial charge on any atom is -0.489 e. The third kappa shape index (κ3) is 5.35. The van der Waals surface area contributed by atoms with Crippen molar-refractivity contribution in [2.24, 2.45) is 0 Å². The second kappa shape index (κ2) is 10.3. The molecule has 0 unspecified atom stereocenters. The van der Waals surface area contributed by atoms with E-state index in [-0.39, 0.29) is 5.78 Å². The highest BCUT2D eigenvalue weighted by Gasteiger charge is 2.21. The lowest BCUT2D eigenvalue weighted by atomic mass is 9.86. The number of ketones is 1. The molecule has 0 saturated heterocycles. The van der Waals surface area contributed by atoms with Gasteiger partial charge >= 0.3 is 0 Å². The molecule has 2 aromatic rings. The SMILES string of the molecule is C=CCOc1ccccc1/C=C1\CCC/C(=C\c2ccccc2OCC=C)C1=O. The number of carbonyl (C=O) groups excluding carboxylic acids is 1. The fraction of sp³-hybridized carbons (Fsp3) is 0.192. The van der Waals surface area contributed by atoms with Crippen LogP contribution in [-0.2, 0) is 4.79 Å². The van der Waals surface area contributed by atoms with Gasteiger partial charge in [-0.25, -0.2) is 0 Å². The van der Waals surface area contributed by atoms with E-state index in [2.05, 4.69) is 13.2 Å². The van der Waals surface area contributed by atoms with Gasteiger partial charge in [0.05, 0.1) is 0 Å². The molecule has 0 aromatic heterocycles. The maximum Gasteiger partial charge on any atom is 0.185 e. The number of hydrogen-bond acceptors (Lipinski definition) is 3. The lowest BCUT2D eigenvalue weighted by Gasteiger charge is -2.18. The van der Waals surface area contributed by atoms with Crippen molar-refractivity contribution in [3.05, 3.63) is 96.1 Å². The number of carbonyl (C=O) groups is 1. The van der Waals surface area contributed by atoms with Crippen LogP contribution in [0, 0.1) is 0 Å². The van der Waals surface area contributed by atoms with Crippen LogP contribution in [0.4, 0.5) is 0 Å². The molecule has 1 fully saturated rings. The highest BCUT2D eigenvalue weighted by Crippen LogP contribution is 2.31. The van der Waals surface area contributed by atoms with E-state index in [4.69, 9.17) is 9.47 Å². The van der Waals surface area contributed by atoms with Crippen LogP contribution in [0.25, 0.3) is 12.2 Å². The maximum absolute atomic E-state index is 13.1. The average molecular weight is 386 g/mol. The van der Waals surface area contributed by atoms with Gasteiger partial charge in [-0.05, 0) is 43.5 Å². The monoisotopic (exact) mass is 386 g/mol. The van der Waals surface area contributed by atoms with Crippen molar-refractivity contribution < 1.29 is 14.3 Å². The van der Waals surface area contributed by atoms with Crippen molar-refractivity contribution in [2.45, 2.75) is 19.3 Å². The van der Waals surface area contributed by atoms with Gasteiger partial charge in [-0.1, -0.05) is 61.7 Å². The predicted molar refractivity (Wildman–Crippen MR) is 119 cm³/mol. The summed E-state index contributed by atoms with van der Waals surface area (Å²) in [5.41, 5.74) is 3.44. The number of hydrogen-bond donors (Lipinski definition) is 0. The van der Waals surface area contributed by atoms with Crippen LogP contribution in [0.2, 0.25) is 0 Å². The summed E-state index contributed by atoms with van der Waals surface area (Å²) in [4.78, 5) is 13.1. The first-order valence-corrected chi connectivity index (χ1v) is 9.84. The lowest BCUT2D eigenvalue weighted by molar-refractivity contribution is -0.112. The molecule has 0 N–H and O–H groups in total. The quantitative estimate of drug-likeness (QED) is 0.410. The van der Waals surface area contributed by atoms with Crippen molar-refractivity contribution in [3.8, 4) is 11.5 Å². The molecule has 2 aromatic carbocycles. The molecule has 0 heterocycles. The summed E-state index contributed by atoms with van der Waals surface area (Å²) in [7, 11) is 0. The number of Topliss-reactive ketones (excluding diaryl/α,β-unsaturated/α-hetero) is 1. The summed E-state index contributed by atoms with van der Waals surface area (Å²) in [6.07, 6.45) is 9.79. The molecule has 0 aliphatic heterocycles. The molecule has 1 aliphatic carbocycles. The minimum absolute atomic E-state index is 0.0910. The van der Waals surface area contributed by atoms with Crippen molar-refractivity contribution >= 4 is 17.9 Å². The zero-order chi connectivity index (χ0) is 20.5. The Morgan fingerprint density at radius 1 is 0.759 bits per heavy atom. The molecule has 3 rings (SSSR count). The first-order valence-electron chi connectivity index (χ1n) is 9.84. The summed E-state index contributed by atoms with van der Waals surface area (Å²) in [5.74, 6) is 1.60. The summed E-state index contributed by atoms with van der Waals surface area (Å²) in [6.45, 7) is 8.24. The summed E-state index contributed by atoms with van der Waals surface area (Å²) in [5, 5.41) is 0. The molecule has 148 valence electrons. The third-order valence-corrected chi connectivity index (χ3v) is 4.69.